The summed E-state index contributed by atoms with van der Waals surface area (Å²) in [6.45, 7) is 5.89. The highest BCUT2D eigenvalue weighted by Gasteiger charge is 2.23. The largest absolute Gasteiger partial charge is 0.463 e. The lowest BCUT2D eigenvalue weighted by Gasteiger charge is -2.15. The minimum atomic E-state index is 0.389. The van der Waals surface area contributed by atoms with Crippen LogP contribution in [0.1, 0.15) is 33.1 Å². The zero-order valence-electron chi connectivity index (χ0n) is 10.1. The Hall–Kier alpha value is -1.25. The summed E-state index contributed by atoms with van der Waals surface area (Å²) in [6, 6.07) is 1.11. The van der Waals surface area contributed by atoms with Gasteiger partial charge in [0.2, 0.25) is 0 Å². The number of nitrogens with zero attached hydrogens (tertiary/aromatic N) is 1. The summed E-state index contributed by atoms with van der Waals surface area (Å²) in [5, 5.41) is 3.39. The van der Waals surface area contributed by atoms with Crippen molar-refractivity contribution in [3.63, 3.8) is 0 Å². The number of hydrogen-bond donors (Lipinski definition) is 1. The first-order chi connectivity index (χ1) is 7.81. The van der Waals surface area contributed by atoms with Crippen molar-refractivity contribution in [1.29, 1.82) is 0 Å². The van der Waals surface area contributed by atoms with Gasteiger partial charge < -0.3 is 10.1 Å². The Labute approximate surface area is 97.3 Å². The molecule has 1 heterocycles. The molecule has 3 heteroatoms. The van der Waals surface area contributed by atoms with E-state index in [-0.39, 0.29) is 0 Å². The standard InChI is InChI=1S/C13H20N2O/c1-3-4-5-11-10(2)6-7-12(11)15-13-14-8-9-16-13/h4-5,12H,3,6-9H2,1-2H3,(H,14,15)/b5-4-. The Balaban J connectivity index is 2.01. The molecule has 1 unspecified atom stereocenters. The molecule has 1 atom stereocenters. The minimum Gasteiger partial charge on any atom is -0.463 e. The van der Waals surface area contributed by atoms with Crippen molar-refractivity contribution in [3.05, 3.63) is 23.3 Å². The van der Waals surface area contributed by atoms with Gasteiger partial charge in [0.25, 0.3) is 6.02 Å². The summed E-state index contributed by atoms with van der Waals surface area (Å²) >= 11 is 0. The highest BCUT2D eigenvalue weighted by atomic mass is 16.5. The molecule has 0 bridgehead atoms. The predicted octanol–water partition coefficient (Wildman–Crippen LogP) is 2.41. The average molecular weight is 220 g/mol. The molecule has 0 saturated carbocycles. The summed E-state index contributed by atoms with van der Waals surface area (Å²) in [5.74, 6) is 0. The molecule has 2 aliphatic rings. The minimum absolute atomic E-state index is 0.389. The molecule has 1 N–H and O–H groups in total. The molecule has 0 fully saturated rings. The van der Waals surface area contributed by atoms with Gasteiger partial charge in [0.1, 0.15) is 6.61 Å². The number of amidine groups is 1. The van der Waals surface area contributed by atoms with Crippen molar-refractivity contribution in [2.24, 2.45) is 4.99 Å². The number of rotatable bonds is 3. The molecule has 1 aliphatic heterocycles. The topological polar surface area (TPSA) is 33.6 Å². The highest BCUT2D eigenvalue weighted by Crippen LogP contribution is 2.27. The fourth-order valence-corrected chi connectivity index (χ4v) is 2.18. The second kappa shape index (κ2) is 5.19. The van der Waals surface area contributed by atoms with Crippen LogP contribution >= 0.6 is 0 Å². The van der Waals surface area contributed by atoms with Gasteiger partial charge in [-0.25, -0.2) is 4.99 Å². The van der Waals surface area contributed by atoms with E-state index in [0.717, 1.165) is 32.0 Å². The molecule has 0 aromatic carbocycles. The monoisotopic (exact) mass is 220 g/mol. The van der Waals surface area contributed by atoms with Crippen LogP contribution in [0.25, 0.3) is 0 Å². The van der Waals surface area contributed by atoms with Crippen molar-refractivity contribution in [2.45, 2.75) is 39.2 Å². The summed E-state index contributed by atoms with van der Waals surface area (Å²) in [5.41, 5.74) is 2.90. The zero-order valence-corrected chi connectivity index (χ0v) is 10.1. The number of aliphatic imine (C=N–C) groups is 1. The number of nitrogens with one attached hydrogen (secondary N) is 1. The van der Waals surface area contributed by atoms with E-state index in [1.807, 2.05) is 0 Å². The fourth-order valence-electron chi connectivity index (χ4n) is 2.18. The first-order valence-corrected chi connectivity index (χ1v) is 6.11. The van der Waals surface area contributed by atoms with E-state index in [9.17, 15) is 0 Å². The van der Waals surface area contributed by atoms with Crippen LogP contribution in [-0.2, 0) is 4.74 Å². The molecule has 0 aromatic rings. The van der Waals surface area contributed by atoms with Crippen LogP contribution < -0.4 is 5.32 Å². The lowest BCUT2D eigenvalue weighted by Crippen LogP contribution is -2.34. The lowest BCUT2D eigenvalue weighted by molar-refractivity contribution is 0.327. The van der Waals surface area contributed by atoms with E-state index in [4.69, 9.17) is 4.74 Å². The Morgan fingerprint density at radius 2 is 2.44 bits per heavy atom. The molecule has 0 aromatic heterocycles. The molecular weight excluding hydrogens is 200 g/mol. The van der Waals surface area contributed by atoms with E-state index in [1.54, 1.807) is 0 Å². The summed E-state index contributed by atoms with van der Waals surface area (Å²) < 4.78 is 5.40. The van der Waals surface area contributed by atoms with E-state index in [1.165, 1.54) is 17.6 Å². The van der Waals surface area contributed by atoms with Crippen molar-refractivity contribution in [3.8, 4) is 0 Å². The van der Waals surface area contributed by atoms with Crippen molar-refractivity contribution < 1.29 is 4.74 Å². The lowest BCUT2D eigenvalue weighted by atomic mass is 10.1. The summed E-state index contributed by atoms with van der Waals surface area (Å²) in [4.78, 5) is 4.28. The van der Waals surface area contributed by atoms with Crippen LogP contribution in [-0.4, -0.2) is 25.2 Å². The molecule has 3 nitrogen and oxygen atoms in total. The summed E-state index contributed by atoms with van der Waals surface area (Å²) in [7, 11) is 0. The van der Waals surface area contributed by atoms with Crippen molar-refractivity contribution in [1.82, 2.24) is 5.32 Å². The first kappa shape index (κ1) is 11.2. The fraction of sp³-hybridized carbons (Fsp3) is 0.615. The average Bonchev–Trinajstić information content (AvgIpc) is 2.88. The Morgan fingerprint density at radius 1 is 1.56 bits per heavy atom. The third-order valence-electron chi connectivity index (χ3n) is 3.09. The first-order valence-electron chi connectivity index (χ1n) is 6.11. The molecular formula is C13H20N2O. The Bertz CT molecular complexity index is 342. The van der Waals surface area contributed by atoms with E-state index < -0.39 is 0 Å². The molecule has 88 valence electrons. The van der Waals surface area contributed by atoms with Gasteiger partial charge in [-0.15, -0.1) is 0 Å². The maximum atomic E-state index is 5.40. The van der Waals surface area contributed by atoms with Crippen LogP contribution in [0, 0.1) is 0 Å². The van der Waals surface area contributed by atoms with E-state index >= 15 is 0 Å². The summed E-state index contributed by atoms with van der Waals surface area (Å²) in [6.07, 6.45) is 7.87. The smallest absolute Gasteiger partial charge is 0.285 e. The number of allylic oxidation sites excluding steroid dienone is 2. The maximum Gasteiger partial charge on any atom is 0.285 e. The van der Waals surface area contributed by atoms with Gasteiger partial charge in [-0.05, 0) is 31.8 Å². The van der Waals surface area contributed by atoms with E-state index in [2.05, 4.69) is 36.3 Å². The predicted molar refractivity (Wildman–Crippen MR) is 66.5 cm³/mol. The quantitative estimate of drug-likeness (QED) is 0.792. The van der Waals surface area contributed by atoms with Gasteiger partial charge in [-0.2, -0.15) is 0 Å². The van der Waals surface area contributed by atoms with Gasteiger partial charge in [-0.3, -0.25) is 0 Å². The normalized spacial score (nSPS) is 25.1. The Morgan fingerprint density at radius 3 is 3.12 bits per heavy atom. The molecule has 16 heavy (non-hydrogen) atoms. The SMILES string of the molecule is CC/C=C\C1=C(C)CCC1NC1=NCCO1. The van der Waals surface area contributed by atoms with Crippen LogP contribution in [0.15, 0.2) is 28.3 Å². The Kier molecular flexibility index (Phi) is 3.65. The van der Waals surface area contributed by atoms with Gasteiger partial charge in [0.05, 0.1) is 12.6 Å². The van der Waals surface area contributed by atoms with Crippen LogP contribution in [0.4, 0.5) is 0 Å². The third kappa shape index (κ3) is 2.46. The second-order valence-corrected chi connectivity index (χ2v) is 4.32. The van der Waals surface area contributed by atoms with Crippen LogP contribution in [0.2, 0.25) is 0 Å². The number of ether oxygens (including phenoxy) is 1. The third-order valence-corrected chi connectivity index (χ3v) is 3.09. The van der Waals surface area contributed by atoms with Crippen molar-refractivity contribution in [2.75, 3.05) is 13.2 Å². The molecule has 1 aliphatic carbocycles. The van der Waals surface area contributed by atoms with Gasteiger partial charge in [-0.1, -0.05) is 24.6 Å². The molecule has 0 radical (unpaired) electrons. The zero-order chi connectivity index (χ0) is 11.4. The number of hydrogen-bond acceptors (Lipinski definition) is 3. The molecule has 2 rings (SSSR count). The highest BCUT2D eigenvalue weighted by molar-refractivity contribution is 5.75. The second-order valence-electron chi connectivity index (χ2n) is 4.32. The molecule has 0 saturated heterocycles. The van der Waals surface area contributed by atoms with E-state index in [0.29, 0.717) is 6.04 Å². The van der Waals surface area contributed by atoms with Crippen LogP contribution in [0.3, 0.4) is 0 Å². The molecule has 0 spiro atoms. The maximum absolute atomic E-state index is 5.40. The molecule has 0 amide bonds. The van der Waals surface area contributed by atoms with Crippen LogP contribution in [0.5, 0.6) is 0 Å². The van der Waals surface area contributed by atoms with Gasteiger partial charge >= 0.3 is 0 Å². The van der Waals surface area contributed by atoms with Crippen molar-refractivity contribution >= 4 is 6.02 Å². The van der Waals surface area contributed by atoms with Gasteiger partial charge in [0.15, 0.2) is 0 Å². The van der Waals surface area contributed by atoms with Gasteiger partial charge in [0, 0.05) is 0 Å².